The van der Waals surface area contributed by atoms with Crippen molar-refractivity contribution in [1.29, 1.82) is 0 Å². The normalized spacial score (nSPS) is 13.8. The zero-order valence-corrected chi connectivity index (χ0v) is 14.4. The smallest absolute Gasteiger partial charge is 0.270 e. The molecule has 5 heteroatoms. The van der Waals surface area contributed by atoms with Gasteiger partial charge in [0, 0.05) is 19.2 Å². The van der Waals surface area contributed by atoms with Crippen LogP contribution in [0, 0.1) is 0 Å². The van der Waals surface area contributed by atoms with Crippen molar-refractivity contribution < 1.29 is 4.79 Å². The van der Waals surface area contributed by atoms with Crippen LogP contribution in [-0.2, 0) is 6.54 Å². The molecule has 0 saturated carbocycles. The van der Waals surface area contributed by atoms with E-state index in [1.54, 1.807) is 6.07 Å². The van der Waals surface area contributed by atoms with Crippen molar-refractivity contribution in [3.05, 3.63) is 65.6 Å². The van der Waals surface area contributed by atoms with Crippen molar-refractivity contribution in [2.45, 2.75) is 38.6 Å². The number of benzene rings is 1. The first-order chi connectivity index (χ1) is 12.3. The van der Waals surface area contributed by atoms with Crippen LogP contribution in [0.4, 0.5) is 5.82 Å². The number of aromatic nitrogens is 2. The molecule has 2 aromatic rings. The van der Waals surface area contributed by atoms with Crippen LogP contribution in [0.1, 0.15) is 48.2 Å². The Bertz CT molecular complexity index is 727. The lowest BCUT2D eigenvalue weighted by Crippen LogP contribution is -2.24. The minimum absolute atomic E-state index is 0.190. The van der Waals surface area contributed by atoms with Crippen molar-refractivity contribution in [3.63, 3.8) is 0 Å². The Morgan fingerprint density at radius 1 is 1.12 bits per heavy atom. The van der Waals surface area contributed by atoms with Crippen molar-refractivity contribution in [2.75, 3.05) is 11.9 Å². The van der Waals surface area contributed by atoms with E-state index in [4.69, 9.17) is 0 Å². The van der Waals surface area contributed by atoms with Gasteiger partial charge in [-0.2, -0.15) is 0 Å². The van der Waals surface area contributed by atoms with Gasteiger partial charge in [-0.05, 0) is 37.7 Å². The van der Waals surface area contributed by atoms with Crippen LogP contribution in [-0.4, -0.2) is 22.4 Å². The van der Waals surface area contributed by atoms with Crippen molar-refractivity contribution in [3.8, 4) is 0 Å². The molecular formula is C20H24N4O. The molecular weight excluding hydrogens is 312 g/mol. The molecule has 25 heavy (non-hydrogen) atoms. The van der Waals surface area contributed by atoms with E-state index in [1.807, 2.05) is 30.3 Å². The Labute approximate surface area is 148 Å². The quantitative estimate of drug-likeness (QED) is 0.757. The lowest BCUT2D eigenvalue weighted by atomic mass is 9.97. The van der Waals surface area contributed by atoms with Gasteiger partial charge in [0.15, 0.2) is 0 Å². The van der Waals surface area contributed by atoms with E-state index in [2.05, 4.69) is 26.7 Å². The fourth-order valence-electron chi connectivity index (χ4n) is 2.93. The van der Waals surface area contributed by atoms with Crippen molar-refractivity contribution >= 4 is 11.7 Å². The van der Waals surface area contributed by atoms with Gasteiger partial charge in [0.1, 0.15) is 17.8 Å². The number of allylic oxidation sites excluding steroid dienone is 1. The number of hydrogen-bond donors (Lipinski definition) is 2. The number of nitrogens with one attached hydrogen (secondary N) is 2. The van der Waals surface area contributed by atoms with Crippen LogP contribution in [0.2, 0.25) is 0 Å². The number of nitrogens with zero attached hydrogens (tertiary/aromatic N) is 2. The maximum atomic E-state index is 12.3. The van der Waals surface area contributed by atoms with Crippen LogP contribution < -0.4 is 10.6 Å². The molecule has 0 spiro atoms. The Hall–Kier alpha value is -2.69. The Morgan fingerprint density at radius 3 is 2.80 bits per heavy atom. The van der Waals surface area contributed by atoms with Gasteiger partial charge in [0.25, 0.3) is 5.91 Å². The van der Waals surface area contributed by atoms with Gasteiger partial charge in [0.2, 0.25) is 0 Å². The summed E-state index contributed by atoms with van der Waals surface area (Å²) in [7, 11) is 0. The average molecular weight is 336 g/mol. The zero-order valence-electron chi connectivity index (χ0n) is 14.4. The lowest BCUT2D eigenvalue weighted by molar-refractivity contribution is 0.0946. The van der Waals surface area contributed by atoms with Gasteiger partial charge >= 0.3 is 0 Å². The van der Waals surface area contributed by atoms with Crippen LogP contribution in [0.3, 0.4) is 0 Å². The molecule has 1 aromatic heterocycles. The maximum absolute atomic E-state index is 12.3. The van der Waals surface area contributed by atoms with Crippen molar-refractivity contribution in [2.24, 2.45) is 0 Å². The number of carbonyl (C=O) groups is 1. The molecule has 0 radical (unpaired) electrons. The summed E-state index contributed by atoms with van der Waals surface area (Å²) in [4.78, 5) is 20.5. The lowest BCUT2D eigenvalue weighted by Gasteiger charge is -2.13. The molecule has 0 unspecified atom stereocenters. The molecule has 0 saturated heterocycles. The van der Waals surface area contributed by atoms with E-state index in [1.165, 1.54) is 37.6 Å². The van der Waals surface area contributed by atoms with E-state index >= 15 is 0 Å². The highest BCUT2D eigenvalue weighted by Gasteiger charge is 2.09. The summed E-state index contributed by atoms with van der Waals surface area (Å²) in [5.41, 5.74) is 2.96. The molecule has 1 aliphatic carbocycles. The molecule has 1 amide bonds. The molecule has 3 rings (SSSR count). The standard InChI is InChI=1S/C20H24N4O/c25-20(22-14-17-9-5-2-6-10-17)18-13-19(24-15-23-18)21-12-11-16-7-3-1-4-8-16/h2,5-7,9-10,13,15H,1,3-4,8,11-12,14H2,(H,22,25)(H,21,23,24). The minimum Gasteiger partial charge on any atom is -0.370 e. The fourth-order valence-corrected chi connectivity index (χ4v) is 2.93. The Kier molecular flexibility index (Phi) is 6.15. The third-order valence-corrected chi connectivity index (χ3v) is 4.33. The van der Waals surface area contributed by atoms with Gasteiger partial charge in [-0.25, -0.2) is 9.97 Å². The van der Waals surface area contributed by atoms with Gasteiger partial charge in [-0.3, -0.25) is 4.79 Å². The molecule has 0 atom stereocenters. The van der Waals surface area contributed by atoms with E-state index in [0.29, 0.717) is 18.1 Å². The highest BCUT2D eigenvalue weighted by molar-refractivity contribution is 5.92. The molecule has 0 fully saturated rings. The summed E-state index contributed by atoms with van der Waals surface area (Å²) >= 11 is 0. The van der Waals surface area contributed by atoms with Gasteiger partial charge in [0.05, 0.1) is 0 Å². The zero-order chi connectivity index (χ0) is 17.3. The first-order valence-electron chi connectivity index (χ1n) is 8.87. The van der Waals surface area contributed by atoms with Gasteiger partial charge in [-0.1, -0.05) is 42.0 Å². The third kappa shape index (κ3) is 5.41. The van der Waals surface area contributed by atoms with E-state index in [-0.39, 0.29) is 5.91 Å². The highest BCUT2D eigenvalue weighted by atomic mass is 16.1. The number of anilines is 1. The molecule has 2 N–H and O–H groups in total. The summed E-state index contributed by atoms with van der Waals surface area (Å²) < 4.78 is 0. The van der Waals surface area contributed by atoms with E-state index in [0.717, 1.165) is 18.5 Å². The van der Waals surface area contributed by atoms with Crippen LogP contribution in [0.25, 0.3) is 0 Å². The van der Waals surface area contributed by atoms with E-state index in [9.17, 15) is 4.79 Å². The summed E-state index contributed by atoms with van der Waals surface area (Å²) in [6.07, 6.45) is 9.83. The molecule has 0 aliphatic heterocycles. The highest BCUT2D eigenvalue weighted by Crippen LogP contribution is 2.19. The SMILES string of the molecule is O=C(NCc1ccccc1)c1cc(NCCC2=CCCCC2)ncn1. The van der Waals surface area contributed by atoms with Crippen LogP contribution >= 0.6 is 0 Å². The number of rotatable bonds is 7. The molecule has 1 heterocycles. The average Bonchev–Trinajstić information content (AvgIpc) is 2.68. The van der Waals surface area contributed by atoms with Crippen molar-refractivity contribution in [1.82, 2.24) is 15.3 Å². The second kappa shape index (κ2) is 8.97. The summed E-state index contributed by atoms with van der Waals surface area (Å²) in [5, 5.41) is 6.17. The number of hydrogen-bond acceptors (Lipinski definition) is 4. The third-order valence-electron chi connectivity index (χ3n) is 4.33. The molecule has 1 aliphatic rings. The maximum Gasteiger partial charge on any atom is 0.270 e. The first-order valence-corrected chi connectivity index (χ1v) is 8.87. The van der Waals surface area contributed by atoms with E-state index < -0.39 is 0 Å². The second-order valence-corrected chi connectivity index (χ2v) is 6.24. The van der Waals surface area contributed by atoms with Crippen LogP contribution in [0.5, 0.6) is 0 Å². The number of carbonyl (C=O) groups excluding carboxylic acids is 1. The topological polar surface area (TPSA) is 66.9 Å². The molecule has 130 valence electrons. The predicted molar refractivity (Wildman–Crippen MR) is 99.3 cm³/mol. The number of amides is 1. The summed E-state index contributed by atoms with van der Waals surface area (Å²) in [5.74, 6) is 0.501. The molecule has 1 aromatic carbocycles. The first kappa shape index (κ1) is 17.1. The van der Waals surface area contributed by atoms with Gasteiger partial charge < -0.3 is 10.6 Å². The van der Waals surface area contributed by atoms with Crippen LogP contribution in [0.15, 0.2) is 54.4 Å². The largest absolute Gasteiger partial charge is 0.370 e. The molecule has 0 bridgehead atoms. The fraction of sp³-hybridized carbons (Fsp3) is 0.350. The minimum atomic E-state index is -0.190. The second-order valence-electron chi connectivity index (χ2n) is 6.24. The summed E-state index contributed by atoms with van der Waals surface area (Å²) in [6, 6.07) is 11.5. The Balaban J connectivity index is 1.50. The monoisotopic (exact) mass is 336 g/mol. The predicted octanol–water partition coefficient (Wildman–Crippen LogP) is 3.71. The summed E-state index contributed by atoms with van der Waals surface area (Å²) in [6.45, 7) is 1.31. The van der Waals surface area contributed by atoms with Gasteiger partial charge in [-0.15, -0.1) is 0 Å². The molecule has 5 nitrogen and oxygen atoms in total. The Morgan fingerprint density at radius 2 is 2.00 bits per heavy atom.